The zero-order valence-corrected chi connectivity index (χ0v) is 10.6. The molecule has 5 heteroatoms. The monoisotopic (exact) mass is 243 g/mol. The Hall–Kier alpha value is -0.770. The van der Waals surface area contributed by atoms with Crippen molar-refractivity contribution in [3.05, 3.63) is 5.89 Å². The van der Waals surface area contributed by atoms with Gasteiger partial charge >= 0.3 is 6.01 Å². The third-order valence-electron chi connectivity index (χ3n) is 2.75. The molecule has 0 spiro atoms. The minimum atomic E-state index is 0.287. The van der Waals surface area contributed by atoms with Crippen LogP contribution in [0.5, 0.6) is 0 Å². The Labute approximate surface area is 101 Å². The van der Waals surface area contributed by atoms with E-state index in [2.05, 4.69) is 28.9 Å². The molecule has 2 rings (SSSR count). The lowest BCUT2D eigenvalue weighted by Crippen LogP contribution is -2.28. The van der Waals surface area contributed by atoms with Crippen LogP contribution in [-0.4, -0.2) is 22.8 Å². The Bertz CT molecular complexity index is 336. The number of anilines is 1. The van der Waals surface area contributed by atoms with Crippen LogP contribution < -0.4 is 4.90 Å². The first-order valence-electron chi connectivity index (χ1n) is 5.85. The average molecular weight is 244 g/mol. The van der Waals surface area contributed by atoms with Gasteiger partial charge in [-0.15, -0.1) is 16.7 Å². The van der Waals surface area contributed by atoms with Crippen molar-refractivity contribution >= 4 is 17.6 Å². The van der Waals surface area contributed by atoms with Crippen LogP contribution in [-0.2, 0) is 5.88 Å². The standard InChI is InChI=1S/C11H18ClN3O/c1-8(2)5-6-15(9-3-4-9)11-14-13-10(7-12)16-11/h8-9H,3-7H2,1-2H3. The maximum Gasteiger partial charge on any atom is 0.318 e. The molecule has 0 aliphatic heterocycles. The van der Waals surface area contributed by atoms with E-state index < -0.39 is 0 Å². The molecule has 0 radical (unpaired) electrons. The summed E-state index contributed by atoms with van der Waals surface area (Å²) >= 11 is 5.65. The van der Waals surface area contributed by atoms with Gasteiger partial charge in [-0.2, -0.15) is 0 Å². The van der Waals surface area contributed by atoms with Gasteiger partial charge in [0.05, 0.1) is 0 Å². The summed E-state index contributed by atoms with van der Waals surface area (Å²) < 4.78 is 5.50. The lowest BCUT2D eigenvalue weighted by Gasteiger charge is -2.20. The minimum absolute atomic E-state index is 0.287. The Morgan fingerprint density at radius 3 is 2.69 bits per heavy atom. The number of alkyl halides is 1. The molecule has 0 aromatic carbocycles. The van der Waals surface area contributed by atoms with Gasteiger partial charge in [0.15, 0.2) is 0 Å². The fourth-order valence-electron chi connectivity index (χ4n) is 1.63. The number of halogens is 1. The predicted molar refractivity (Wildman–Crippen MR) is 63.7 cm³/mol. The highest BCUT2D eigenvalue weighted by atomic mass is 35.5. The van der Waals surface area contributed by atoms with Gasteiger partial charge in [-0.05, 0) is 25.2 Å². The van der Waals surface area contributed by atoms with E-state index in [0.29, 0.717) is 23.9 Å². The lowest BCUT2D eigenvalue weighted by molar-refractivity contribution is 0.482. The van der Waals surface area contributed by atoms with Crippen LogP contribution in [0.2, 0.25) is 0 Å². The molecule has 1 aromatic heterocycles. The van der Waals surface area contributed by atoms with Gasteiger partial charge in [-0.25, -0.2) is 0 Å². The second-order valence-corrected chi connectivity index (χ2v) is 4.99. The van der Waals surface area contributed by atoms with Gasteiger partial charge < -0.3 is 9.32 Å². The zero-order chi connectivity index (χ0) is 11.5. The maximum absolute atomic E-state index is 5.65. The predicted octanol–water partition coefficient (Wildman–Crippen LogP) is 2.82. The first-order chi connectivity index (χ1) is 7.70. The highest BCUT2D eigenvalue weighted by Crippen LogP contribution is 2.31. The Kier molecular flexibility index (Phi) is 3.69. The highest BCUT2D eigenvalue weighted by molar-refractivity contribution is 6.16. The van der Waals surface area contributed by atoms with Crippen LogP contribution in [0.3, 0.4) is 0 Å². The summed E-state index contributed by atoms with van der Waals surface area (Å²) in [4.78, 5) is 2.23. The summed E-state index contributed by atoms with van der Waals surface area (Å²) in [5, 5.41) is 7.95. The van der Waals surface area contributed by atoms with Crippen LogP contribution >= 0.6 is 11.6 Å². The molecule has 1 aliphatic carbocycles. The van der Waals surface area contributed by atoms with Gasteiger partial charge in [0, 0.05) is 12.6 Å². The largest absolute Gasteiger partial charge is 0.407 e. The molecule has 1 heterocycles. The molecule has 1 aliphatic rings. The molecule has 1 fully saturated rings. The molecule has 4 nitrogen and oxygen atoms in total. The van der Waals surface area contributed by atoms with Crippen molar-refractivity contribution in [1.29, 1.82) is 0 Å². The molecular formula is C11H18ClN3O. The molecule has 0 saturated heterocycles. The number of aromatic nitrogens is 2. The van der Waals surface area contributed by atoms with E-state index in [9.17, 15) is 0 Å². The van der Waals surface area contributed by atoms with Crippen molar-refractivity contribution in [1.82, 2.24) is 10.2 Å². The number of hydrogen-bond acceptors (Lipinski definition) is 4. The molecular weight excluding hydrogens is 226 g/mol. The van der Waals surface area contributed by atoms with Gasteiger partial charge in [0.2, 0.25) is 5.89 Å². The lowest BCUT2D eigenvalue weighted by atomic mass is 10.1. The maximum atomic E-state index is 5.65. The number of hydrogen-bond donors (Lipinski definition) is 0. The summed E-state index contributed by atoms with van der Waals surface area (Å²) in [6.07, 6.45) is 3.61. The van der Waals surface area contributed by atoms with Crippen molar-refractivity contribution < 1.29 is 4.42 Å². The van der Waals surface area contributed by atoms with Gasteiger partial charge in [0.25, 0.3) is 0 Å². The van der Waals surface area contributed by atoms with Crippen LogP contribution in [0, 0.1) is 5.92 Å². The van der Waals surface area contributed by atoms with Crippen LogP contribution in [0.1, 0.15) is 39.0 Å². The van der Waals surface area contributed by atoms with Crippen molar-refractivity contribution in [3.8, 4) is 0 Å². The number of rotatable bonds is 6. The molecule has 0 N–H and O–H groups in total. The fraction of sp³-hybridized carbons (Fsp3) is 0.818. The first kappa shape index (κ1) is 11.7. The zero-order valence-electron chi connectivity index (χ0n) is 9.82. The third kappa shape index (κ3) is 2.88. The fourth-order valence-corrected chi connectivity index (χ4v) is 1.74. The Morgan fingerprint density at radius 1 is 1.44 bits per heavy atom. The van der Waals surface area contributed by atoms with E-state index in [1.165, 1.54) is 12.8 Å². The molecule has 0 atom stereocenters. The highest BCUT2D eigenvalue weighted by Gasteiger charge is 2.32. The van der Waals surface area contributed by atoms with E-state index >= 15 is 0 Å². The normalized spacial score (nSPS) is 15.8. The minimum Gasteiger partial charge on any atom is -0.407 e. The number of nitrogens with zero attached hydrogens (tertiary/aromatic N) is 3. The molecule has 1 saturated carbocycles. The van der Waals surface area contributed by atoms with E-state index in [-0.39, 0.29) is 5.88 Å². The van der Waals surface area contributed by atoms with Crippen molar-refractivity contribution in [2.75, 3.05) is 11.4 Å². The summed E-state index contributed by atoms with van der Waals surface area (Å²) in [7, 11) is 0. The van der Waals surface area contributed by atoms with Gasteiger partial charge in [-0.3, -0.25) is 0 Å². The van der Waals surface area contributed by atoms with Gasteiger partial charge in [-0.1, -0.05) is 18.9 Å². The van der Waals surface area contributed by atoms with E-state index in [1.807, 2.05) is 0 Å². The SMILES string of the molecule is CC(C)CCN(c1nnc(CCl)o1)C1CC1. The average Bonchev–Trinajstić information content (AvgIpc) is 2.96. The summed E-state index contributed by atoms with van der Waals surface area (Å²) in [5.74, 6) is 1.49. The van der Waals surface area contributed by atoms with Gasteiger partial charge in [0.1, 0.15) is 5.88 Å². The first-order valence-corrected chi connectivity index (χ1v) is 6.39. The van der Waals surface area contributed by atoms with Crippen LogP contribution in [0.25, 0.3) is 0 Å². The van der Waals surface area contributed by atoms with Crippen molar-refractivity contribution in [2.24, 2.45) is 5.92 Å². The molecule has 0 bridgehead atoms. The Morgan fingerprint density at radius 2 is 2.19 bits per heavy atom. The van der Waals surface area contributed by atoms with E-state index in [0.717, 1.165) is 13.0 Å². The second kappa shape index (κ2) is 5.04. The van der Waals surface area contributed by atoms with E-state index in [1.54, 1.807) is 0 Å². The molecule has 0 amide bonds. The summed E-state index contributed by atoms with van der Waals surface area (Å²) in [5.41, 5.74) is 0. The van der Waals surface area contributed by atoms with Crippen LogP contribution in [0.4, 0.5) is 6.01 Å². The quantitative estimate of drug-likeness (QED) is 0.721. The van der Waals surface area contributed by atoms with Crippen molar-refractivity contribution in [3.63, 3.8) is 0 Å². The smallest absolute Gasteiger partial charge is 0.318 e. The molecule has 1 aromatic rings. The van der Waals surface area contributed by atoms with Crippen LogP contribution in [0.15, 0.2) is 4.42 Å². The molecule has 0 unspecified atom stereocenters. The molecule has 16 heavy (non-hydrogen) atoms. The molecule has 90 valence electrons. The summed E-state index contributed by atoms with van der Waals surface area (Å²) in [6, 6.07) is 1.24. The third-order valence-corrected chi connectivity index (χ3v) is 2.98. The Balaban J connectivity index is 2.00. The van der Waals surface area contributed by atoms with Crippen molar-refractivity contribution in [2.45, 2.75) is 45.0 Å². The summed E-state index contributed by atoms with van der Waals surface area (Å²) in [6.45, 7) is 5.44. The second-order valence-electron chi connectivity index (χ2n) is 4.72. The topological polar surface area (TPSA) is 42.2 Å². The van der Waals surface area contributed by atoms with E-state index in [4.69, 9.17) is 16.0 Å².